The van der Waals surface area contributed by atoms with E-state index in [9.17, 15) is 9.59 Å². The fraction of sp³-hybridized carbons (Fsp3) is 0.292. The van der Waals surface area contributed by atoms with Crippen LogP contribution in [0.4, 0.5) is 0 Å². The summed E-state index contributed by atoms with van der Waals surface area (Å²) in [4.78, 5) is 30.0. The van der Waals surface area contributed by atoms with Crippen LogP contribution in [0.15, 0.2) is 65.5 Å². The van der Waals surface area contributed by atoms with Gasteiger partial charge in [0.25, 0.3) is 5.56 Å². The van der Waals surface area contributed by atoms with E-state index in [1.165, 1.54) is 16.2 Å². The Morgan fingerprint density at radius 1 is 1.13 bits per heavy atom. The Morgan fingerprint density at radius 2 is 1.90 bits per heavy atom. The second-order valence-corrected chi connectivity index (χ2v) is 7.79. The minimum absolute atomic E-state index is 0.00842. The van der Waals surface area contributed by atoms with E-state index in [2.05, 4.69) is 22.4 Å². The quantitative estimate of drug-likeness (QED) is 0.588. The monoisotopic (exact) mass is 423 g/mol. The average molecular weight is 424 g/mol. The lowest BCUT2D eigenvalue weighted by Crippen LogP contribution is -2.38. The third-order valence-electron chi connectivity index (χ3n) is 4.92. The first-order chi connectivity index (χ1) is 14.5. The fourth-order valence-electron chi connectivity index (χ4n) is 3.30. The molecule has 0 aliphatic rings. The minimum atomic E-state index is -0.246. The molecule has 0 bridgehead atoms. The molecular formula is C24H26ClN3O2. The van der Waals surface area contributed by atoms with Crippen molar-refractivity contribution in [2.24, 2.45) is 0 Å². The summed E-state index contributed by atoms with van der Waals surface area (Å²) in [6.07, 6.45) is 2.33. The molecule has 0 aliphatic carbocycles. The van der Waals surface area contributed by atoms with E-state index in [0.717, 1.165) is 12.8 Å². The number of halogens is 1. The standard InChI is InChI=1S/C24H26ClN3O2/c1-3-21-15-23(30)28(24(27-21)19-10-7-11-20(25)14-19)16-22(29)26-17(2)12-13-18-8-5-4-6-9-18/h4-11,14-15,17H,3,12-13,16H2,1-2H3,(H,26,29)/t17-/m1/s1. The van der Waals surface area contributed by atoms with E-state index in [1.54, 1.807) is 18.2 Å². The number of aromatic nitrogens is 2. The van der Waals surface area contributed by atoms with Gasteiger partial charge in [0.2, 0.25) is 5.91 Å². The molecule has 2 aromatic carbocycles. The van der Waals surface area contributed by atoms with Gasteiger partial charge in [-0.25, -0.2) is 4.98 Å². The zero-order valence-corrected chi connectivity index (χ0v) is 18.0. The van der Waals surface area contributed by atoms with Crippen LogP contribution in [-0.2, 0) is 24.2 Å². The number of carbonyl (C=O) groups is 1. The molecule has 30 heavy (non-hydrogen) atoms. The number of aryl methyl sites for hydroxylation is 2. The summed E-state index contributed by atoms with van der Waals surface area (Å²) in [6, 6.07) is 18.8. The molecule has 1 aromatic heterocycles. The summed E-state index contributed by atoms with van der Waals surface area (Å²) in [5.74, 6) is 0.237. The maximum atomic E-state index is 12.7. The van der Waals surface area contributed by atoms with Crippen molar-refractivity contribution >= 4 is 17.5 Å². The second-order valence-electron chi connectivity index (χ2n) is 7.35. The van der Waals surface area contributed by atoms with Crippen molar-refractivity contribution in [3.63, 3.8) is 0 Å². The summed E-state index contributed by atoms with van der Waals surface area (Å²) in [6.45, 7) is 3.82. The molecule has 0 aliphatic heterocycles. The third-order valence-corrected chi connectivity index (χ3v) is 5.16. The van der Waals surface area contributed by atoms with Gasteiger partial charge in [-0.1, -0.05) is 61.0 Å². The van der Waals surface area contributed by atoms with E-state index in [0.29, 0.717) is 28.5 Å². The Morgan fingerprint density at radius 3 is 2.60 bits per heavy atom. The zero-order chi connectivity index (χ0) is 21.5. The first-order valence-corrected chi connectivity index (χ1v) is 10.5. The van der Waals surface area contributed by atoms with Crippen LogP contribution in [0.3, 0.4) is 0 Å². The first kappa shape index (κ1) is 21.8. The van der Waals surface area contributed by atoms with Crippen LogP contribution in [0.2, 0.25) is 5.02 Å². The molecule has 156 valence electrons. The third kappa shape index (κ3) is 5.80. The predicted molar refractivity (Wildman–Crippen MR) is 121 cm³/mol. The molecule has 0 unspecified atom stereocenters. The molecule has 3 aromatic rings. The largest absolute Gasteiger partial charge is 0.352 e. The van der Waals surface area contributed by atoms with Crippen LogP contribution in [-0.4, -0.2) is 21.5 Å². The van der Waals surface area contributed by atoms with Crippen molar-refractivity contribution in [1.29, 1.82) is 0 Å². The molecule has 3 rings (SSSR count). The van der Waals surface area contributed by atoms with Gasteiger partial charge in [0, 0.05) is 28.4 Å². The SMILES string of the molecule is CCc1cc(=O)n(CC(=O)N[C@H](C)CCc2ccccc2)c(-c2cccc(Cl)c2)n1. The molecule has 1 atom stereocenters. The Labute approximate surface area is 181 Å². The summed E-state index contributed by atoms with van der Waals surface area (Å²) in [5.41, 5.74) is 2.38. The van der Waals surface area contributed by atoms with Gasteiger partial charge in [0.05, 0.1) is 0 Å². The lowest BCUT2D eigenvalue weighted by molar-refractivity contribution is -0.122. The van der Waals surface area contributed by atoms with Crippen molar-refractivity contribution < 1.29 is 4.79 Å². The van der Waals surface area contributed by atoms with E-state index in [1.807, 2.05) is 38.1 Å². The van der Waals surface area contributed by atoms with Gasteiger partial charge in [-0.3, -0.25) is 14.2 Å². The molecule has 5 nitrogen and oxygen atoms in total. The smallest absolute Gasteiger partial charge is 0.254 e. The van der Waals surface area contributed by atoms with Crippen LogP contribution < -0.4 is 10.9 Å². The number of benzene rings is 2. The van der Waals surface area contributed by atoms with Gasteiger partial charge >= 0.3 is 0 Å². The number of amides is 1. The Hall–Kier alpha value is -2.92. The molecular weight excluding hydrogens is 398 g/mol. The van der Waals surface area contributed by atoms with Gasteiger partial charge in [0.1, 0.15) is 12.4 Å². The van der Waals surface area contributed by atoms with Crippen LogP contribution in [0, 0.1) is 0 Å². The topological polar surface area (TPSA) is 64.0 Å². The predicted octanol–water partition coefficient (Wildman–Crippen LogP) is 4.26. The molecule has 0 radical (unpaired) electrons. The van der Waals surface area contributed by atoms with E-state index >= 15 is 0 Å². The van der Waals surface area contributed by atoms with Crippen LogP contribution in [0.25, 0.3) is 11.4 Å². The van der Waals surface area contributed by atoms with Crippen molar-refractivity contribution in [2.75, 3.05) is 0 Å². The molecule has 0 fully saturated rings. The summed E-state index contributed by atoms with van der Waals surface area (Å²) >= 11 is 6.13. The maximum Gasteiger partial charge on any atom is 0.254 e. The molecule has 1 heterocycles. The maximum absolute atomic E-state index is 12.7. The highest BCUT2D eigenvalue weighted by atomic mass is 35.5. The highest BCUT2D eigenvalue weighted by Gasteiger charge is 2.15. The van der Waals surface area contributed by atoms with Gasteiger partial charge in [-0.15, -0.1) is 0 Å². The summed E-state index contributed by atoms with van der Waals surface area (Å²) in [5, 5.41) is 3.54. The number of rotatable bonds is 8. The van der Waals surface area contributed by atoms with Crippen molar-refractivity contribution in [1.82, 2.24) is 14.9 Å². The molecule has 0 saturated carbocycles. The highest BCUT2D eigenvalue weighted by molar-refractivity contribution is 6.30. The molecule has 1 N–H and O–H groups in total. The minimum Gasteiger partial charge on any atom is -0.352 e. The van der Waals surface area contributed by atoms with E-state index in [-0.39, 0.29) is 24.1 Å². The van der Waals surface area contributed by atoms with Crippen molar-refractivity contribution in [3.8, 4) is 11.4 Å². The molecule has 6 heteroatoms. The zero-order valence-electron chi connectivity index (χ0n) is 17.3. The van der Waals surface area contributed by atoms with E-state index < -0.39 is 0 Å². The molecule has 1 amide bonds. The second kappa shape index (κ2) is 10.2. The Bertz CT molecular complexity index is 1060. The molecule has 0 spiro atoms. The van der Waals surface area contributed by atoms with E-state index in [4.69, 9.17) is 11.6 Å². The van der Waals surface area contributed by atoms with Gasteiger partial charge in [0.15, 0.2) is 0 Å². The number of carbonyl (C=O) groups excluding carboxylic acids is 1. The number of nitrogens with one attached hydrogen (secondary N) is 1. The van der Waals surface area contributed by atoms with Crippen LogP contribution in [0.5, 0.6) is 0 Å². The summed E-state index contributed by atoms with van der Waals surface area (Å²) in [7, 11) is 0. The highest BCUT2D eigenvalue weighted by Crippen LogP contribution is 2.20. The average Bonchev–Trinajstić information content (AvgIpc) is 2.74. The normalized spacial score (nSPS) is 11.8. The van der Waals surface area contributed by atoms with Crippen LogP contribution >= 0.6 is 11.6 Å². The van der Waals surface area contributed by atoms with Gasteiger partial charge < -0.3 is 5.32 Å². The number of nitrogens with zero attached hydrogens (tertiary/aromatic N) is 2. The lowest BCUT2D eigenvalue weighted by atomic mass is 10.1. The van der Waals surface area contributed by atoms with Crippen LogP contribution in [0.1, 0.15) is 31.5 Å². The van der Waals surface area contributed by atoms with Crippen molar-refractivity contribution in [3.05, 3.63) is 87.3 Å². The number of hydrogen-bond donors (Lipinski definition) is 1. The van der Waals surface area contributed by atoms with Gasteiger partial charge in [-0.2, -0.15) is 0 Å². The first-order valence-electron chi connectivity index (χ1n) is 10.2. The lowest BCUT2D eigenvalue weighted by Gasteiger charge is -2.17. The molecule has 0 saturated heterocycles. The number of hydrogen-bond acceptors (Lipinski definition) is 3. The Balaban J connectivity index is 1.75. The fourth-order valence-corrected chi connectivity index (χ4v) is 3.49. The Kier molecular flexibility index (Phi) is 7.41. The van der Waals surface area contributed by atoms with Crippen molar-refractivity contribution in [2.45, 2.75) is 45.7 Å². The van der Waals surface area contributed by atoms with Gasteiger partial charge in [-0.05, 0) is 43.9 Å². The summed E-state index contributed by atoms with van der Waals surface area (Å²) < 4.78 is 1.41.